The van der Waals surface area contributed by atoms with Crippen LogP contribution in [0.3, 0.4) is 0 Å². The highest BCUT2D eigenvalue weighted by molar-refractivity contribution is 5.19. The monoisotopic (exact) mass is 268 g/mol. The first-order chi connectivity index (χ1) is 8.80. The van der Waals surface area contributed by atoms with Gasteiger partial charge in [-0.3, -0.25) is 0 Å². The summed E-state index contributed by atoms with van der Waals surface area (Å²) in [6.07, 6.45) is 9.71. The predicted molar refractivity (Wildman–Crippen MR) is 73.7 cm³/mol. The van der Waals surface area contributed by atoms with Gasteiger partial charge in [0.1, 0.15) is 0 Å². The minimum Gasteiger partial charge on any atom is -0.390 e. The Morgan fingerprint density at radius 2 is 1.16 bits per heavy atom. The maximum Gasteiger partial charge on any atom is 0.0707 e. The first-order valence-electron chi connectivity index (χ1n) is 7.97. The second-order valence-corrected chi connectivity index (χ2v) is 8.04. The Labute approximate surface area is 116 Å². The zero-order chi connectivity index (χ0) is 13.8. The highest BCUT2D eigenvalue weighted by Crippen LogP contribution is 2.65. The quantitative estimate of drug-likeness (QED) is 0.671. The molecule has 0 amide bonds. The fourth-order valence-electron chi connectivity index (χ4n) is 5.87. The van der Waals surface area contributed by atoms with Crippen molar-refractivity contribution in [1.82, 2.24) is 0 Å². The topological polar surface area (TPSA) is 60.7 Å². The summed E-state index contributed by atoms with van der Waals surface area (Å²) in [5.74, 6) is 0. The van der Waals surface area contributed by atoms with Gasteiger partial charge in [-0.1, -0.05) is 32.6 Å². The van der Waals surface area contributed by atoms with Crippen LogP contribution in [0, 0.1) is 5.41 Å². The molecule has 0 spiro atoms. The van der Waals surface area contributed by atoms with Crippen molar-refractivity contribution in [2.45, 2.75) is 94.4 Å². The molecule has 0 radical (unpaired) electrons. The standard InChI is InChI=1S/C16H28O3/c1-2-3-4-5-6-13-7-14(17)10-15(18,8-13)12-16(19,9-13)11-14/h17-19H,2-12H2,1H3. The molecule has 0 atom stereocenters. The van der Waals surface area contributed by atoms with Crippen molar-refractivity contribution in [2.75, 3.05) is 0 Å². The number of rotatable bonds is 5. The predicted octanol–water partition coefficient (Wildman–Crippen LogP) is 2.52. The van der Waals surface area contributed by atoms with E-state index in [-0.39, 0.29) is 5.41 Å². The third-order valence-corrected chi connectivity index (χ3v) is 5.65. The summed E-state index contributed by atoms with van der Waals surface area (Å²) in [6, 6.07) is 0. The van der Waals surface area contributed by atoms with Crippen molar-refractivity contribution in [3.63, 3.8) is 0 Å². The minimum atomic E-state index is -0.816. The Hall–Kier alpha value is -0.120. The van der Waals surface area contributed by atoms with Gasteiger partial charge in [0.25, 0.3) is 0 Å². The number of unbranched alkanes of at least 4 members (excludes halogenated alkanes) is 3. The van der Waals surface area contributed by atoms with Crippen molar-refractivity contribution >= 4 is 0 Å². The summed E-state index contributed by atoms with van der Waals surface area (Å²) < 4.78 is 0. The molecule has 4 bridgehead atoms. The molecule has 3 N–H and O–H groups in total. The molecular weight excluding hydrogens is 240 g/mol. The summed E-state index contributed by atoms with van der Waals surface area (Å²) >= 11 is 0. The van der Waals surface area contributed by atoms with Gasteiger partial charge in [-0.05, 0) is 31.1 Å². The van der Waals surface area contributed by atoms with Crippen molar-refractivity contribution in [3.05, 3.63) is 0 Å². The van der Waals surface area contributed by atoms with Crippen LogP contribution in [0.1, 0.15) is 77.6 Å². The van der Waals surface area contributed by atoms with E-state index in [9.17, 15) is 15.3 Å². The molecule has 0 saturated heterocycles. The van der Waals surface area contributed by atoms with Crippen LogP contribution in [-0.4, -0.2) is 32.1 Å². The highest BCUT2D eigenvalue weighted by atomic mass is 16.3. The Kier molecular flexibility index (Phi) is 3.05. The lowest BCUT2D eigenvalue weighted by atomic mass is 9.44. The molecule has 4 rings (SSSR count). The van der Waals surface area contributed by atoms with Crippen LogP contribution >= 0.6 is 0 Å². The van der Waals surface area contributed by atoms with E-state index in [0.29, 0.717) is 19.3 Å². The van der Waals surface area contributed by atoms with Crippen molar-refractivity contribution < 1.29 is 15.3 Å². The summed E-state index contributed by atoms with van der Waals surface area (Å²) in [4.78, 5) is 0. The number of hydrogen-bond donors (Lipinski definition) is 3. The molecule has 3 heteroatoms. The zero-order valence-corrected chi connectivity index (χ0v) is 12.1. The van der Waals surface area contributed by atoms with Gasteiger partial charge >= 0.3 is 0 Å². The van der Waals surface area contributed by atoms with Gasteiger partial charge in [0.05, 0.1) is 16.8 Å². The van der Waals surface area contributed by atoms with Crippen molar-refractivity contribution in [3.8, 4) is 0 Å². The average Bonchev–Trinajstić information content (AvgIpc) is 2.17. The molecule has 0 unspecified atom stereocenters. The Bertz CT molecular complexity index is 311. The van der Waals surface area contributed by atoms with Gasteiger partial charge in [-0.15, -0.1) is 0 Å². The molecule has 0 aromatic rings. The molecule has 3 nitrogen and oxygen atoms in total. The maximum atomic E-state index is 10.7. The molecule has 110 valence electrons. The van der Waals surface area contributed by atoms with E-state index in [1.165, 1.54) is 19.3 Å². The molecule has 4 saturated carbocycles. The first kappa shape index (κ1) is 13.8. The summed E-state index contributed by atoms with van der Waals surface area (Å²) in [6.45, 7) is 2.21. The lowest BCUT2D eigenvalue weighted by molar-refractivity contribution is -0.281. The van der Waals surface area contributed by atoms with E-state index < -0.39 is 16.8 Å². The second kappa shape index (κ2) is 4.19. The van der Waals surface area contributed by atoms with Crippen molar-refractivity contribution in [2.24, 2.45) is 5.41 Å². The fourth-order valence-corrected chi connectivity index (χ4v) is 5.87. The highest BCUT2D eigenvalue weighted by Gasteiger charge is 2.67. The minimum absolute atomic E-state index is 0.0132. The van der Waals surface area contributed by atoms with Crippen molar-refractivity contribution in [1.29, 1.82) is 0 Å². The van der Waals surface area contributed by atoms with E-state index in [4.69, 9.17) is 0 Å². The van der Waals surface area contributed by atoms with Gasteiger partial charge in [0, 0.05) is 19.3 Å². The lowest BCUT2D eigenvalue weighted by Gasteiger charge is -2.66. The van der Waals surface area contributed by atoms with Crippen LogP contribution in [0.25, 0.3) is 0 Å². The van der Waals surface area contributed by atoms with E-state index in [1.807, 2.05) is 0 Å². The summed E-state index contributed by atoms with van der Waals surface area (Å²) in [5, 5.41) is 32.0. The van der Waals surface area contributed by atoms with Gasteiger partial charge in [0.2, 0.25) is 0 Å². The molecule has 4 aliphatic carbocycles. The normalized spacial score (nSPS) is 51.8. The first-order valence-corrected chi connectivity index (χ1v) is 7.97. The van der Waals surface area contributed by atoms with Crippen LogP contribution in [0.15, 0.2) is 0 Å². The SMILES string of the molecule is CCCCCCC12CC3(O)CC(O)(CC(O)(C3)C1)C2. The number of aliphatic hydroxyl groups is 3. The van der Waals surface area contributed by atoms with E-state index in [1.54, 1.807) is 0 Å². The van der Waals surface area contributed by atoms with Gasteiger partial charge in [-0.25, -0.2) is 0 Å². The summed E-state index contributed by atoms with van der Waals surface area (Å²) in [7, 11) is 0. The molecule has 0 heterocycles. The van der Waals surface area contributed by atoms with Crippen LogP contribution in [0.4, 0.5) is 0 Å². The third-order valence-electron chi connectivity index (χ3n) is 5.65. The molecular formula is C16H28O3. The fraction of sp³-hybridized carbons (Fsp3) is 1.00. The maximum absolute atomic E-state index is 10.7. The van der Waals surface area contributed by atoms with Gasteiger partial charge in [-0.2, -0.15) is 0 Å². The van der Waals surface area contributed by atoms with E-state index in [0.717, 1.165) is 32.1 Å². The summed E-state index contributed by atoms with van der Waals surface area (Å²) in [5.41, 5.74) is -2.46. The Morgan fingerprint density at radius 1 is 0.684 bits per heavy atom. The Balaban J connectivity index is 1.75. The number of hydrogen-bond acceptors (Lipinski definition) is 3. The molecule has 19 heavy (non-hydrogen) atoms. The van der Waals surface area contributed by atoms with Gasteiger partial charge < -0.3 is 15.3 Å². The molecule has 0 aromatic carbocycles. The van der Waals surface area contributed by atoms with Crippen LogP contribution < -0.4 is 0 Å². The van der Waals surface area contributed by atoms with Crippen LogP contribution in [0.2, 0.25) is 0 Å². The smallest absolute Gasteiger partial charge is 0.0707 e. The van der Waals surface area contributed by atoms with E-state index in [2.05, 4.69) is 6.92 Å². The third kappa shape index (κ3) is 2.45. The lowest BCUT2D eigenvalue weighted by Crippen LogP contribution is -2.69. The molecule has 0 aliphatic heterocycles. The Morgan fingerprint density at radius 3 is 1.58 bits per heavy atom. The van der Waals surface area contributed by atoms with Gasteiger partial charge in [0.15, 0.2) is 0 Å². The molecule has 0 aromatic heterocycles. The average molecular weight is 268 g/mol. The molecule has 4 fully saturated rings. The molecule has 4 aliphatic rings. The van der Waals surface area contributed by atoms with Crippen LogP contribution in [0.5, 0.6) is 0 Å². The largest absolute Gasteiger partial charge is 0.390 e. The second-order valence-electron chi connectivity index (χ2n) is 8.04. The van der Waals surface area contributed by atoms with Crippen LogP contribution in [-0.2, 0) is 0 Å². The van der Waals surface area contributed by atoms with E-state index >= 15 is 0 Å². The zero-order valence-electron chi connectivity index (χ0n) is 12.1.